The molecule has 0 amide bonds. The van der Waals surface area contributed by atoms with Crippen LogP contribution >= 0.6 is 0 Å². The topological polar surface area (TPSA) is 35.9 Å². The molecule has 4 heteroatoms. The van der Waals surface area contributed by atoms with E-state index in [1.54, 1.807) is 0 Å². The van der Waals surface area contributed by atoms with Crippen molar-refractivity contribution in [2.75, 3.05) is 50.9 Å². The zero-order valence-corrected chi connectivity index (χ0v) is 12.7. The van der Waals surface area contributed by atoms with Gasteiger partial charge in [0.2, 0.25) is 0 Å². The Labute approximate surface area is 127 Å². The van der Waals surface area contributed by atoms with Crippen LogP contribution in [0.15, 0.2) is 24.3 Å². The summed E-state index contributed by atoms with van der Waals surface area (Å²) < 4.78 is 5.46. The fourth-order valence-corrected chi connectivity index (χ4v) is 3.33. The lowest BCUT2D eigenvalue weighted by Gasteiger charge is -2.34. The summed E-state index contributed by atoms with van der Waals surface area (Å²) in [4.78, 5) is 4.96. The van der Waals surface area contributed by atoms with Crippen LogP contribution < -0.4 is 4.90 Å². The van der Waals surface area contributed by atoms with Gasteiger partial charge in [0.25, 0.3) is 0 Å². The van der Waals surface area contributed by atoms with Crippen molar-refractivity contribution in [3.05, 3.63) is 29.8 Å². The predicted octanol–water partition coefficient (Wildman–Crippen LogP) is 1.73. The van der Waals surface area contributed by atoms with Gasteiger partial charge in [0.1, 0.15) is 0 Å². The van der Waals surface area contributed by atoms with Crippen LogP contribution in [0.25, 0.3) is 0 Å². The van der Waals surface area contributed by atoms with Gasteiger partial charge in [-0.2, -0.15) is 0 Å². The highest BCUT2D eigenvalue weighted by Gasteiger charge is 2.20. The maximum Gasteiger partial charge on any atom is 0.0642 e. The molecule has 0 bridgehead atoms. The highest BCUT2D eigenvalue weighted by molar-refractivity contribution is 5.53. The Morgan fingerprint density at radius 1 is 1.05 bits per heavy atom. The van der Waals surface area contributed by atoms with Crippen LogP contribution in [0.2, 0.25) is 0 Å². The summed E-state index contributed by atoms with van der Waals surface area (Å²) >= 11 is 0. The lowest BCUT2D eigenvalue weighted by atomic mass is 9.97. The van der Waals surface area contributed by atoms with E-state index in [4.69, 9.17) is 4.74 Å². The zero-order valence-electron chi connectivity index (χ0n) is 12.7. The molecule has 1 N–H and O–H groups in total. The molecule has 1 aromatic rings. The van der Waals surface area contributed by atoms with E-state index in [9.17, 15) is 5.11 Å². The van der Waals surface area contributed by atoms with Crippen LogP contribution in [0, 0.1) is 5.92 Å². The molecule has 3 rings (SSSR count). The van der Waals surface area contributed by atoms with Gasteiger partial charge in [-0.3, -0.25) is 4.90 Å². The minimum Gasteiger partial charge on any atom is -0.396 e. The first-order valence-electron chi connectivity index (χ1n) is 8.10. The number of likely N-dealkylation sites (tertiary alicyclic amines) is 1. The number of nitrogens with zero attached hydrogens (tertiary/aromatic N) is 2. The summed E-state index contributed by atoms with van der Waals surface area (Å²) in [5.41, 5.74) is 2.78. The van der Waals surface area contributed by atoms with E-state index < -0.39 is 0 Å². The van der Waals surface area contributed by atoms with Crippen LogP contribution in [-0.2, 0) is 11.3 Å². The maximum absolute atomic E-state index is 9.24. The van der Waals surface area contributed by atoms with Gasteiger partial charge in [0.15, 0.2) is 0 Å². The predicted molar refractivity (Wildman–Crippen MR) is 84.6 cm³/mol. The molecule has 0 aliphatic carbocycles. The molecule has 0 spiro atoms. The number of hydrogen-bond donors (Lipinski definition) is 1. The van der Waals surface area contributed by atoms with Crippen molar-refractivity contribution in [2.24, 2.45) is 5.92 Å². The van der Waals surface area contributed by atoms with Gasteiger partial charge in [0.05, 0.1) is 13.2 Å². The first-order valence-corrected chi connectivity index (χ1v) is 8.10. The number of aliphatic hydroxyl groups is 1. The van der Waals surface area contributed by atoms with E-state index in [-0.39, 0.29) is 0 Å². The molecule has 2 saturated heterocycles. The number of benzene rings is 1. The fourth-order valence-electron chi connectivity index (χ4n) is 3.33. The molecule has 2 fully saturated rings. The van der Waals surface area contributed by atoms with Crippen molar-refractivity contribution in [2.45, 2.75) is 19.4 Å². The normalized spacial score (nSPS) is 21.7. The van der Waals surface area contributed by atoms with Crippen molar-refractivity contribution in [1.82, 2.24) is 4.90 Å². The van der Waals surface area contributed by atoms with Gasteiger partial charge in [-0.15, -0.1) is 0 Å². The standard InChI is InChI=1S/C17H26N2O2/c20-14-15-5-7-18(8-6-15)13-16-3-1-2-4-17(16)19-9-11-21-12-10-19/h1-4,15,20H,5-14H2. The number of ether oxygens (including phenoxy) is 1. The molecule has 0 atom stereocenters. The summed E-state index contributed by atoms with van der Waals surface area (Å²) in [7, 11) is 0. The van der Waals surface area contributed by atoms with Crippen molar-refractivity contribution in [3.8, 4) is 0 Å². The third-order valence-corrected chi connectivity index (χ3v) is 4.70. The van der Waals surface area contributed by atoms with Crippen molar-refractivity contribution >= 4 is 5.69 Å². The molecular formula is C17H26N2O2. The minimum absolute atomic E-state index is 0.345. The van der Waals surface area contributed by atoms with E-state index in [0.29, 0.717) is 12.5 Å². The van der Waals surface area contributed by atoms with Crippen LogP contribution in [0.5, 0.6) is 0 Å². The van der Waals surface area contributed by atoms with Crippen molar-refractivity contribution in [3.63, 3.8) is 0 Å². The molecule has 0 saturated carbocycles. The molecule has 1 aromatic carbocycles. The van der Waals surface area contributed by atoms with Crippen LogP contribution in [-0.4, -0.2) is 56.0 Å². The SMILES string of the molecule is OCC1CCN(Cc2ccccc2N2CCOCC2)CC1. The van der Waals surface area contributed by atoms with Crippen molar-refractivity contribution < 1.29 is 9.84 Å². The third kappa shape index (κ3) is 3.76. The Morgan fingerprint density at radius 2 is 1.76 bits per heavy atom. The number of anilines is 1. The minimum atomic E-state index is 0.345. The number of rotatable bonds is 4. The van der Waals surface area contributed by atoms with E-state index >= 15 is 0 Å². The van der Waals surface area contributed by atoms with Gasteiger partial charge < -0.3 is 14.7 Å². The Balaban J connectivity index is 1.65. The Bertz CT molecular complexity index is 438. The number of morpholine rings is 1. The Morgan fingerprint density at radius 3 is 2.48 bits per heavy atom. The Hall–Kier alpha value is -1.10. The van der Waals surface area contributed by atoms with Gasteiger partial charge in [0, 0.05) is 31.9 Å². The van der Waals surface area contributed by atoms with Crippen LogP contribution in [0.1, 0.15) is 18.4 Å². The number of piperidine rings is 1. The monoisotopic (exact) mass is 290 g/mol. The summed E-state index contributed by atoms with van der Waals surface area (Å²) in [5, 5.41) is 9.24. The van der Waals surface area contributed by atoms with E-state index in [2.05, 4.69) is 34.1 Å². The molecule has 0 unspecified atom stereocenters. The lowest BCUT2D eigenvalue weighted by molar-refractivity contribution is 0.121. The first-order chi connectivity index (χ1) is 10.4. The van der Waals surface area contributed by atoms with Crippen LogP contribution in [0.3, 0.4) is 0 Å². The quantitative estimate of drug-likeness (QED) is 0.916. The Kier molecular flexibility index (Phi) is 5.12. The molecule has 21 heavy (non-hydrogen) atoms. The van der Waals surface area contributed by atoms with Gasteiger partial charge in [-0.25, -0.2) is 0 Å². The van der Waals surface area contributed by atoms with Crippen LogP contribution in [0.4, 0.5) is 5.69 Å². The van der Waals surface area contributed by atoms with E-state index in [1.165, 1.54) is 11.3 Å². The largest absolute Gasteiger partial charge is 0.396 e. The average molecular weight is 290 g/mol. The lowest BCUT2D eigenvalue weighted by Crippen LogP contribution is -2.38. The third-order valence-electron chi connectivity index (χ3n) is 4.70. The molecule has 0 aromatic heterocycles. The maximum atomic E-state index is 9.24. The van der Waals surface area contributed by atoms with E-state index in [0.717, 1.165) is 58.8 Å². The first kappa shape index (κ1) is 14.8. The molecule has 116 valence electrons. The summed E-state index contributed by atoms with van der Waals surface area (Å²) in [6, 6.07) is 8.76. The van der Waals surface area contributed by atoms with E-state index in [1.807, 2.05) is 0 Å². The second-order valence-electron chi connectivity index (χ2n) is 6.13. The van der Waals surface area contributed by atoms with Crippen molar-refractivity contribution in [1.29, 1.82) is 0 Å². The molecule has 4 nitrogen and oxygen atoms in total. The smallest absolute Gasteiger partial charge is 0.0642 e. The average Bonchev–Trinajstić information content (AvgIpc) is 2.57. The fraction of sp³-hybridized carbons (Fsp3) is 0.647. The second-order valence-corrected chi connectivity index (χ2v) is 6.13. The molecule has 2 heterocycles. The summed E-state index contributed by atoms with van der Waals surface area (Å²) in [5.74, 6) is 0.510. The second kappa shape index (κ2) is 7.25. The molecule has 0 radical (unpaired) electrons. The zero-order chi connectivity index (χ0) is 14.5. The number of hydrogen-bond acceptors (Lipinski definition) is 4. The summed E-state index contributed by atoms with van der Waals surface area (Å²) in [6.07, 6.45) is 2.24. The molecule has 2 aliphatic rings. The highest BCUT2D eigenvalue weighted by atomic mass is 16.5. The van der Waals surface area contributed by atoms with Gasteiger partial charge in [-0.05, 0) is 43.5 Å². The number of para-hydroxylation sites is 1. The highest BCUT2D eigenvalue weighted by Crippen LogP contribution is 2.25. The molecular weight excluding hydrogens is 264 g/mol. The summed E-state index contributed by atoms with van der Waals surface area (Å²) in [6.45, 7) is 7.20. The van der Waals surface area contributed by atoms with Gasteiger partial charge >= 0.3 is 0 Å². The number of aliphatic hydroxyl groups excluding tert-OH is 1. The van der Waals surface area contributed by atoms with Gasteiger partial charge in [-0.1, -0.05) is 18.2 Å². The molecule has 2 aliphatic heterocycles.